The Bertz CT molecular complexity index is 457. The van der Waals surface area contributed by atoms with Gasteiger partial charge in [-0.2, -0.15) is 0 Å². The molecule has 4 nitrogen and oxygen atoms in total. The molecule has 0 unspecified atom stereocenters. The Hall–Kier alpha value is -1.07. The fourth-order valence-corrected chi connectivity index (χ4v) is 1.99. The molecule has 1 N–H and O–H groups in total. The highest BCUT2D eigenvalue weighted by atomic mass is 32.2. The van der Waals surface area contributed by atoms with Gasteiger partial charge in [0, 0.05) is 25.8 Å². The van der Waals surface area contributed by atoms with E-state index in [2.05, 4.69) is 28.7 Å². The number of hydrogen-bond acceptors (Lipinski definition) is 3. The predicted octanol–water partition coefficient (Wildman–Crippen LogP) is 1.23. The van der Waals surface area contributed by atoms with E-state index in [9.17, 15) is 8.42 Å². The van der Waals surface area contributed by atoms with Gasteiger partial charge in [0.15, 0.2) is 0 Å². The Morgan fingerprint density at radius 3 is 2.65 bits per heavy atom. The summed E-state index contributed by atoms with van der Waals surface area (Å²) in [6.45, 7) is 3.49. The minimum Gasteiger partial charge on any atom is -0.375 e. The van der Waals surface area contributed by atoms with Crippen molar-refractivity contribution in [3.8, 4) is 0 Å². The third kappa shape index (κ3) is 5.19. The molecule has 0 aliphatic heterocycles. The van der Waals surface area contributed by atoms with Crippen molar-refractivity contribution in [2.75, 3.05) is 31.3 Å². The first-order valence-electron chi connectivity index (χ1n) is 5.67. The minimum atomic E-state index is -3.09. The molecule has 0 aliphatic carbocycles. The van der Waals surface area contributed by atoms with Crippen molar-refractivity contribution in [1.82, 2.24) is 4.72 Å². The molecule has 0 amide bonds. The lowest BCUT2D eigenvalue weighted by atomic mass is 10.1. The van der Waals surface area contributed by atoms with E-state index >= 15 is 0 Å². The molecule has 0 spiro atoms. The van der Waals surface area contributed by atoms with Gasteiger partial charge in [0.2, 0.25) is 10.0 Å². The molecular weight excluding hydrogens is 236 g/mol. The first kappa shape index (κ1) is 14.0. The predicted molar refractivity (Wildman–Crippen MR) is 71.9 cm³/mol. The van der Waals surface area contributed by atoms with Crippen LogP contribution in [0.1, 0.15) is 12.5 Å². The molecule has 0 atom stereocenters. The van der Waals surface area contributed by atoms with Crippen LogP contribution in [0.15, 0.2) is 24.3 Å². The molecular formula is C12H20N2O2S. The molecule has 0 heterocycles. The molecule has 1 rings (SSSR count). The van der Waals surface area contributed by atoms with Crippen LogP contribution in [-0.2, 0) is 16.4 Å². The van der Waals surface area contributed by atoms with E-state index in [0.29, 0.717) is 13.0 Å². The third-order valence-corrected chi connectivity index (χ3v) is 3.33. The summed E-state index contributed by atoms with van der Waals surface area (Å²) in [7, 11) is -1.05. The smallest absolute Gasteiger partial charge is 0.208 e. The standard InChI is InChI=1S/C12H20N2O2S/c1-4-14(2)12-7-5-6-11(10-12)8-9-13-17(3,15)16/h5-7,10,13H,4,8-9H2,1-3H3. The SMILES string of the molecule is CCN(C)c1cccc(CCNS(C)(=O)=O)c1. The van der Waals surface area contributed by atoms with Crippen LogP contribution < -0.4 is 9.62 Å². The van der Waals surface area contributed by atoms with Crippen LogP contribution in [0.3, 0.4) is 0 Å². The van der Waals surface area contributed by atoms with Crippen molar-refractivity contribution in [3.05, 3.63) is 29.8 Å². The van der Waals surface area contributed by atoms with E-state index in [4.69, 9.17) is 0 Å². The van der Waals surface area contributed by atoms with Crippen molar-refractivity contribution in [3.63, 3.8) is 0 Å². The summed E-state index contributed by atoms with van der Waals surface area (Å²) in [5.74, 6) is 0. The minimum absolute atomic E-state index is 0.443. The summed E-state index contributed by atoms with van der Waals surface area (Å²) in [6.07, 6.45) is 1.88. The first-order chi connectivity index (χ1) is 7.92. The van der Waals surface area contributed by atoms with Crippen LogP contribution in [-0.4, -0.2) is 34.8 Å². The van der Waals surface area contributed by atoms with Crippen LogP contribution in [0.4, 0.5) is 5.69 Å². The van der Waals surface area contributed by atoms with Gasteiger partial charge in [0.05, 0.1) is 6.26 Å². The number of nitrogens with zero attached hydrogens (tertiary/aromatic N) is 1. The summed E-state index contributed by atoms with van der Waals surface area (Å²) in [4.78, 5) is 2.15. The number of sulfonamides is 1. The fourth-order valence-electron chi connectivity index (χ4n) is 1.51. The average Bonchev–Trinajstić information content (AvgIpc) is 2.27. The fraction of sp³-hybridized carbons (Fsp3) is 0.500. The van der Waals surface area contributed by atoms with Gasteiger partial charge in [-0.3, -0.25) is 0 Å². The molecule has 0 fully saturated rings. The number of benzene rings is 1. The van der Waals surface area contributed by atoms with Crippen molar-refractivity contribution in [1.29, 1.82) is 0 Å². The maximum atomic E-state index is 10.9. The highest BCUT2D eigenvalue weighted by Crippen LogP contribution is 2.14. The second-order valence-corrected chi connectivity index (χ2v) is 5.93. The monoisotopic (exact) mass is 256 g/mol. The Labute approximate surface area is 104 Å². The lowest BCUT2D eigenvalue weighted by Crippen LogP contribution is -2.24. The zero-order valence-corrected chi connectivity index (χ0v) is 11.4. The van der Waals surface area contributed by atoms with Crippen LogP contribution >= 0.6 is 0 Å². The van der Waals surface area contributed by atoms with Crippen LogP contribution in [0.5, 0.6) is 0 Å². The molecule has 1 aromatic carbocycles. The summed E-state index contributed by atoms with van der Waals surface area (Å²) in [5, 5.41) is 0. The largest absolute Gasteiger partial charge is 0.375 e. The first-order valence-corrected chi connectivity index (χ1v) is 7.56. The van der Waals surface area contributed by atoms with E-state index in [1.165, 1.54) is 6.26 Å². The van der Waals surface area contributed by atoms with Gasteiger partial charge >= 0.3 is 0 Å². The van der Waals surface area contributed by atoms with Gasteiger partial charge in [-0.05, 0) is 31.0 Å². The maximum Gasteiger partial charge on any atom is 0.208 e. The molecule has 1 aromatic rings. The molecule has 0 radical (unpaired) electrons. The zero-order valence-electron chi connectivity index (χ0n) is 10.6. The molecule has 0 saturated carbocycles. The van der Waals surface area contributed by atoms with Crippen molar-refractivity contribution in [2.45, 2.75) is 13.3 Å². The topological polar surface area (TPSA) is 49.4 Å². The van der Waals surface area contributed by atoms with Crippen LogP contribution in [0, 0.1) is 0 Å². The Balaban J connectivity index is 2.60. The third-order valence-electron chi connectivity index (χ3n) is 2.60. The highest BCUT2D eigenvalue weighted by Gasteiger charge is 2.02. The Kier molecular flexibility index (Phi) is 4.96. The summed E-state index contributed by atoms with van der Waals surface area (Å²) in [6, 6.07) is 8.15. The van der Waals surface area contributed by atoms with E-state index < -0.39 is 10.0 Å². The molecule has 0 aliphatic rings. The van der Waals surface area contributed by atoms with Crippen LogP contribution in [0.25, 0.3) is 0 Å². The lowest BCUT2D eigenvalue weighted by molar-refractivity contribution is 0.588. The average molecular weight is 256 g/mol. The molecule has 96 valence electrons. The van der Waals surface area contributed by atoms with Gasteiger partial charge in [0.1, 0.15) is 0 Å². The van der Waals surface area contributed by atoms with Gasteiger partial charge in [-0.15, -0.1) is 0 Å². The second kappa shape index (κ2) is 6.02. The van der Waals surface area contributed by atoms with Gasteiger partial charge in [0.25, 0.3) is 0 Å². The maximum absolute atomic E-state index is 10.9. The van der Waals surface area contributed by atoms with Crippen molar-refractivity contribution >= 4 is 15.7 Å². The molecule has 5 heteroatoms. The zero-order chi connectivity index (χ0) is 12.9. The van der Waals surface area contributed by atoms with Gasteiger partial charge in [-0.1, -0.05) is 12.1 Å². The Morgan fingerprint density at radius 1 is 1.35 bits per heavy atom. The van der Waals surface area contributed by atoms with E-state index in [1.807, 2.05) is 19.2 Å². The summed E-state index contributed by atoms with van der Waals surface area (Å²) < 4.78 is 24.3. The number of hydrogen-bond donors (Lipinski definition) is 1. The lowest BCUT2D eigenvalue weighted by Gasteiger charge is -2.17. The second-order valence-electron chi connectivity index (χ2n) is 4.10. The van der Waals surface area contributed by atoms with Crippen molar-refractivity contribution in [2.24, 2.45) is 0 Å². The molecule has 0 bridgehead atoms. The number of nitrogens with one attached hydrogen (secondary N) is 1. The normalized spacial score (nSPS) is 11.5. The van der Waals surface area contributed by atoms with Gasteiger partial charge < -0.3 is 4.90 Å². The molecule has 0 saturated heterocycles. The van der Waals surface area contributed by atoms with Crippen LogP contribution in [0.2, 0.25) is 0 Å². The van der Waals surface area contributed by atoms with E-state index in [1.54, 1.807) is 0 Å². The quantitative estimate of drug-likeness (QED) is 0.833. The van der Waals surface area contributed by atoms with Crippen molar-refractivity contribution < 1.29 is 8.42 Å². The van der Waals surface area contributed by atoms with E-state index in [-0.39, 0.29) is 0 Å². The molecule has 17 heavy (non-hydrogen) atoms. The summed E-state index contributed by atoms with van der Waals surface area (Å²) >= 11 is 0. The Morgan fingerprint density at radius 2 is 2.06 bits per heavy atom. The van der Waals surface area contributed by atoms with Gasteiger partial charge in [-0.25, -0.2) is 13.1 Å². The number of rotatable bonds is 6. The summed E-state index contributed by atoms with van der Waals surface area (Å²) in [5.41, 5.74) is 2.29. The highest BCUT2D eigenvalue weighted by molar-refractivity contribution is 7.88. The number of anilines is 1. The molecule has 0 aromatic heterocycles. The van der Waals surface area contributed by atoms with E-state index in [0.717, 1.165) is 17.8 Å².